The fourth-order valence-electron chi connectivity index (χ4n) is 3.56. The van der Waals surface area contributed by atoms with Gasteiger partial charge in [-0.25, -0.2) is 0 Å². The Labute approximate surface area is 192 Å². The van der Waals surface area contributed by atoms with Gasteiger partial charge in [0.25, 0.3) is 0 Å². The van der Waals surface area contributed by atoms with E-state index in [2.05, 4.69) is 4.98 Å². The summed E-state index contributed by atoms with van der Waals surface area (Å²) < 4.78 is 40.9. The zero-order chi connectivity index (χ0) is 23.1. The number of nitrogens with zero attached hydrogens (tertiary/aromatic N) is 1. The molecular formula is C24H21F3N2OS2. The maximum atomic E-state index is 13.3. The molecule has 3 nitrogen and oxygen atoms in total. The summed E-state index contributed by atoms with van der Waals surface area (Å²) in [5.41, 5.74) is 5.46. The highest BCUT2D eigenvalue weighted by Crippen LogP contribution is 2.42. The minimum Gasteiger partial charge on any atom is -0.376 e. The molecule has 0 bridgehead atoms. The first kappa shape index (κ1) is 22.8. The Bertz CT molecular complexity index is 1270. The predicted octanol–water partition coefficient (Wildman–Crippen LogP) is 6.50. The number of benzene rings is 2. The Morgan fingerprint density at radius 3 is 2.53 bits per heavy atom. The molecule has 0 fully saturated rings. The van der Waals surface area contributed by atoms with Crippen LogP contribution in [0.5, 0.6) is 0 Å². The first-order valence-corrected chi connectivity index (χ1v) is 11.8. The second-order valence-electron chi connectivity index (χ2n) is 7.59. The third-order valence-electron chi connectivity index (χ3n) is 5.49. The van der Waals surface area contributed by atoms with E-state index in [0.29, 0.717) is 11.3 Å². The monoisotopic (exact) mass is 474 g/mol. The normalized spacial score (nSPS) is 15.0. The summed E-state index contributed by atoms with van der Waals surface area (Å²) in [6, 6.07) is 17.7. The van der Waals surface area contributed by atoms with Crippen molar-refractivity contribution in [2.24, 2.45) is 5.73 Å². The first-order chi connectivity index (χ1) is 15.1. The number of hydrogen-bond acceptors (Lipinski definition) is 5. The fourth-order valence-corrected chi connectivity index (χ4v) is 5.41. The summed E-state index contributed by atoms with van der Waals surface area (Å²) in [4.78, 5) is 6.34. The van der Waals surface area contributed by atoms with Crippen molar-refractivity contribution in [3.63, 3.8) is 0 Å². The summed E-state index contributed by atoms with van der Waals surface area (Å²) in [5.74, 6) is 0. The molecule has 4 rings (SSSR count). The van der Waals surface area contributed by atoms with Crippen molar-refractivity contribution in [3.05, 3.63) is 82.9 Å². The van der Waals surface area contributed by atoms with Crippen LogP contribution >= 0.6 is 23.1 Å². The number of thioether (sulfide) groups is 1. The van der Waals surface area contributed by atoms with E-state index >= 15 is 0 Å². The molecule has 2 unspecified atom stereocenters. The van der Waals surface area contributed by atoms with Gasteiger partial charge in [0, 0.05) is 26.2 Å². The molecule has 0 spiro atoms. The van der Waals surface area contributed by atoms with Crippen molar-refractivity contribution in [3.8, 4) is 11.3 Å². The Morgan fingerprint density at radius 1 is 1.06 bits per heavy atom. The molecule has 2 atom stereocenters. The van der Waals surface area contributed by atoms with Crippen molar-refractivity contribution >= 4 is 33.2 Å². The van der Waals surface area contributed by atoms with Crippen molar-refractivity contribution in [1.82, 2.24) is 4.98 Å². The molecule has 2 aromatic heterocycles. The van der Waals surface area contributed by atoms with Crippen molar-refractivity contribution in [1.29, 1.82) is 0 Å². The standard InChI is InChI=1S/C24H21F3N2OS2/c1-23(30,24(25,26)27)15-10-11-29-18(13-15)16-8-5-6-14-12-20(32-22(14)16)21(28)17-7-3-4-9-19(17)31-2/h3-13,21,30H,28H2,1-2H3. The zero-order valence-electron chi connectivity index (χ0n) is 17.4. The molecule has 2 aromatic carbocycles. The van der Waals surface area contributed by atoms with Crippen LogP contribution in [-0.4, -0.2) is 22.5 Å². The van der Waals surface area contributed by atoms with Gasteiger partial charge in [0.1, 0.15) is 0 Å². The van der Waals surface area contributed by atoms with Crippen molar-refractivity contribution in [2.75, 3.05) is 6.26 Å². The third-order valence-corrected chi connectivity index (χ3v) is 7.57. The lowest BCUT2D eigenvalue weighted by atomic mass is 9.94. The maximum absolute atomic E-state index is 13.3. The van der Waals surface area contributed by atoms with E-state index in [1.807, 2.05) is 54.8 Å². The number of thiophene rings is 1. The molecule has 0 aliphatic rings. The van der Waals surface area contributed by atoms with Crippen LogP contribution in [0.15, 0.2) is 71.8 Å². The number of pyridine rings is 1. The molecule has 0 aliphatic heterocycles. The summed E-state index contributed by atoms with van der Waals surface area (Å²) in [6.45, 7) is 0.748. The van der Waals surface area contributed by atoms with Crippen LogP contribution in [0.4, 0.5) is 13.2 Å². The second-order valence-corrected chi connectivity index (χ2v) is 9.52. The van der Waals surface area contributed by atoms with E-state index in [-0.39, 0.29) is 11.6 Å². The summed E-state index contributed by atoms with van der Waals surface area (Å²) in [6.07, 6.45) is -1.51. The smallest absolute Gasteiger partial charge is 0.376 e. The van der Waals surface area contributed by atoms with E-state index < -0.39 is 11.8 Å². The van der Waals surface area contributed by atoms with Crippen molar-refractivity contribution < 1.29 is 18.3 Å². The second kappa shape index (κ2) is 8.51. The number of rotatable bonds is 5. The lowest BCUT2D eigenvalue weighted by Crippen LogP contribution is -2.39. The number of aliphatic hydroxyl groups is 1. The maximum Gasteiger partial charge on any atom is 0.421 e. The highest BCUT2D eigenvalue weighted by Gasteiger charge is 2.51. The van der Waals surface area contributed by atoms with E-state index in [0.717, 1.165) is 32.3 Å². The highest BCUT2D eigenvalue weighted by molar-refractivity contribution is 7.98. The molecule has 8 heteroatoms. The van der Waals surface area contributed by atoms with Gasteiger partial charge in [-0.05, 0) is 54.0 Å². The Morgan fingerprint density at radius 2 is 1.81 bits per heavy atom. The van der Waals surface area contributed by atoms with E-state index in [1.54, 1.807) is 11.8 Å². The van der Waals surface area contributed by atoms with Crippen molar-refractivity contribution in [2.45, 2.75) is 29.6 Å². The minimum atomic E-state index is -4.80. The number of nitrogens with two attached hydrogens (primary N) is 1. The fraction of sp³-hybridized carbons (Fsp3) is 0.208. The summed E-state index contributed by atoms with van der Waals surface area (Å²) in [7, 11) is 0. The minimum absolute atomic E-state index is 0.255. The molecule has 3 N–H and O–H groups in total. The number of aromatic nitrogens is 1. The van der Waals surface area contributed by atoms with Crippen LogP contribution < -0.4 is 5.73 Å². The van der Waals surface area contributed by atoms with E-state index in [9.17, 15) is 18.3 Å². The quantitative estimate of drug-likeness (QED) is 0.324. The number of fused-ring (bicyclic) bond motifs is 1. The van der Waals surface area contributed by atoms with Crippen LogP contribution in [0.2, 0.25) is 0 Å². The molecule has 32 heavy (non-hydrogen) atoms. The third kappa shape index (κ3) is 4.03. The van der Waals surface area contributed by atoms with Gasteiger partial charge < -0.3 is 10.8 Å². The molecule has 0 aliphatic carbocycles. The van der Waals surface area contributed by atoms with Gasteiger partial charge in [-0.2, -0.15) is 13.2 Å². The Hall–Kier alpha value is -2.39. The number of hydrogen-bond donors (Lipinski definition) is 2. The molecule has 0 saturated heterocycles. The molecule has 0 amide bonds. The topological polar surface area (TPSA) is 59.1 Å². The molecular weight excluding hydrogens is 453 g/mol. The number of alkyl halides is 3. The van der Waals surface area contributed by atoms with Crippen LogP contribution in [0.3, 0.4) is 0 Å². The molecule has 0 radical (unpaired) electrons. The van der Waals surface area contributed by atoms with E-state index in [4.69, 9.17) is 5.73 Å². The first-order valence-electron chi connectivity index (χ1n) is 9.80. The lowest BCUT2D eigenvalue weighted by Gasteiger charge is -2.26. The average molecular weight is 475 g/mol. The number of halogens is 3. The van der Waals surface area contributed by atoms with E-state index in [1.165, 1.54) is 29.7 Å². The molecule has 2 heterocycles. The van der Waals surface area contributed by atoms with Gasteiger partial charge in [0.05, 0.1) is 11.7 Å². The van der Waals surface area contributed by atoms with Gasteiger partial charge in [-0.15, -0.1) is 23.1 Å². The SMILES string of the molecule is CSc1ccccc1C(N)c1cc2cccc(-c3cc(C(C)(O)C(F)(F)F)ccn3)c2s1. The van der Waals surface area contributed by atoms with Crippen LogP contribution in [0.25, 0.3) is 21.3 Å². The molecule has 0 saturated carbocycles. The Balaban J connectivity index is 1.80. The highest BCUT2D eigenvalue weighted by atomic mass is 32.2. The summed E-state index contributed by atoms with van der Waals surface area (Å²) in [5, 5.41) is 11.0. The van der Waals surface area contributed by atoms with Gasteiger partial charge in [-0.1, -0.05) is 36.4 Å². The van der Waals surface area contributed by atoms with Crippen LogP contribution in [0.1, 0.15) is 29.0 Å². The van der Waals surface area contributed by atoms with Crippen LogP contribution in [0, 0.1) is 0 Å². The lowest BCUT2D eigenvalue weighted by molar-refractivity contribution is -0.258. The van der Waals surface area contributed by atoms with Gasteiger partial charge in [-0.3, -0.25) is 4.98 Å². The zero-order valence-corrected chi connectivity index (χ0v) is 19.0. The molecule has 4 aromatic rings. The van der Waals surface area contributed by atoms with Gasteiger partial charge in [0.2, 0.25) is 0 Å². The largest absolute Gasteiger partial charge is 0.421 e. The van der Waals surface area contributed by atoms with Crippen LogP contribution in [-0.2, 0) is 5.60 Å². The average Bonchev–Trinajstić information content (AvgIpc) is 3.22. The predicted molar refractivity (Wildman–Crippen MR) is 125 cm³/mol. The van der Waals surface area contributed by atoms with Gasteiger partial charge >= 0.3 is 6.18 Å². The van der Waals surface area contributed by atoms with Gasteiger partial charge in [0.15, 0.2) is 5.60 Å². The summed E-state index contributed by atoms with van der Waals surface area (Å²) >= 11 is 3.13. The Kier molecular flexibility index (Phi) is 6.06. The molecule has 166 valence electrons.